The average Bonchev–Trinajstić information content (AvgIpc) is 2.61. The standard InChI is InChI=1S/C12H12NOP/c14-9-3-1-8-2-4-12-10(11(8)7-9)5-6-13(12)15/h2,4-6H,1,3,7,15H2. The normalized spacial score (nSPS) is 15.7. The van der Waals surface area contributed by atoms with Crippen molar-refractivity contribution in [2.45, 2.75) is 19.3 Å². The zero-order chi connectivity index (χ0) is 10.4. The second-order valence-corrected chi connectivity index (χ2v) is 4.63. The Kier molecular flexibility index (Phi) is 1.93. The third-order valence-corrected chi connectivity index (χ3v) is 3.61. The van der Waals surface area contributed by atoms with E-state index < -0.39 is 0 Å². The van der Waals surface area contributed by atoms with E-state index in [1.165, 1.54) is 22.0 Å². The van der Waals surface area contributed by atoms with E-state index in [-0.39, 0.29) is 0 Å². The Morgan fingerprint density at radius 3 is 2.93 bits per heavy atom. The number of carbonyl (C=O) groups excluding carboxylic acids is 1. The molecule has 2 nitrogen and oxygen atoms in total. The molecule has 0 spiro atoms. The minimum absolute atomic E-state index is 0.367. The molecule has 0 saturated carbocycles. The Labute approximate surface area is 90.5 Å². The molecule has 1 atom stereocenters. The van der Waals surface area contributed by atoms with Gasteiger partial charge in [0.05, 0.1) is 5.52 Å². The topological polar surface area (TPSA) is 22.0 Å². The van der Waals surface area contributed by atoms with Crippen molar-refractivity contribution in [3.05, 3.63) is 35.5 Å². The lowest BCUT2D eigenvalue weighted by molar-refractivity contribution is -0.118. The molecule has 1 aromatic heterocycles. The number of hydrogen-bond donors (Lipinski definition) is 0. The maximum absolute atomic E-state index is 11.5. The first kappa shape index (κ1) is 9.11. The SMILES string of the molecule is O=C1CCc2ccc3c(ccn3P)c2C1. The van der Waals surface area contributed by atoms with Crippen LogP contribution in [0.4, 0.5) is 0 Å². The van der Waals surface area contributed by atoms with Gasteiger partial charge in [-0.15, -0.1) is 0 Å². The molecule has 0 bridgehead atoms. The smallest absolute Gasteiger partial charge is 0.137 e. The highest BCUT2D eigenvalue weighted by Gasteiger charge is 2.18. The highest BCUT2D eigenvalue weighted by Crippen LogP contribution is 2.29. The van der Waals surface area contributed by atoms with E-state index in [1.807, 2.05) is 10.5 Å². The van der Waals surface area contributed by atoms with Gasteiger partial charge in [0.1, 0.15) is 5.78 Å². The van der Waals surface area contributed by atoms with Crippen molar-refractivity contribution in [3.63, 3.8) is 0 Å². The van der Waals surface area contributed by atoms with Crippen molar-refractivity contribution < 1.29 is 4.79 Å². The summed E-state index contributed by atoms with van der Waals surface area (Å²) in [6.07, 6.45) is 4.25. The molecule has 1 aliphatic carbocycles. The summed E-state index contributed by atoms with van der Waals surface area (Å²) in [5, 5.41) is 1.23. The maximum Gasteiger partial charge on any atom is 0.137 e. The Hall–Kier alpha value is -1.14. The van der Waals surface area contributed by atoms with Gasteiger partial charge in [0.25, 0.3) is 0 Å². The summed E-state index contributed by atoms with van der Waals surface area (Å²) in [4.78, 5) is 11.5. The highest BCUT2D eigenvalue weighted by atomic mass is 31.0. The molecule has 76 valence electrons. The van der Waals surface area contributed by atoms with Crippen LogP contribution in [0.25, 0.3) is 10.9 Å². The monoisotopic (exact) mass is 217 g/mol. The number of ketones is 1. The van der Waals surface area contributed by atoms with Crippen LogP contribution in [0.2, 0.25) is 0 Å². The molecule has 0 radical (unpaired) electrons. The Balaban J connectivity index is 2.32. The second-order valence-electron chi connectivity index (χ2n) is 4.07. The molecule has 0 fully saturated rings. The van der Waals surface area contributed by atoms with Crippen molar-refractivity contribution in [1.29, 1.82) is 0 Å². The first-order valence-corrected chi connectivity index (χ1v) is 5.66. The zero-order valence-corrected chi connectivity index (χ0v) is 9.52. The van der Waals surface area contributed by atoms with E-state index >= 15 is 0 Å². The van der Waals surface area contributed by atoms with E-state index in [4.69, 9.17) is 0 Å². The van der Waals surface area contributed by atoms with Crippen LogP contribution >= 0.6 is 9.39 Å². The lowest BCUT2D eigenvalue weighted by Gasteiger charge is -2.15. The van der Waals surface area contributed by atoms with Gasteiger partial charge < -0.3 is 4.34 Å². The largest absolute Gasteiger partial charge is 0.332 e. The van der Waals surface area contributed by atoms with Crippen molar-refractivity contribution in [3.8, 4) is 0 Å². The molecule has 15 heavy (non-hydrogen) atoms. The summed E-state index contributed by atoms with van der Waals surface area (Å²) in [6.45, 7) is 0. The van der Waals surface area contributed by atoms with Gasteiger partial charge in [-0.05, 0) is 39.1 Å². The number of rotatable bonds is 0. The fourth-order valence-corrected chi connectivity index (χ4v) is 2.66. The van der Waals surface area contributed by atoms with Gasteiger partial charge in [0.2, 0.25) is 0 Å². The number of hydrogen-bond acceptors (Lipinski definition) is 1. The molecule has 3 rings (SSSR count). The molecule has 0 amide bonds. The number of carbonyl (C=O) groups is 1. The lowest BCUT2D eigenvalue weighted by atomic mass is 9.89. The fraction of sp³-hybridized carbons (Fsp3) is 0.250. The van der Waals surface area contributed by atoms with Crippen molar-refractivity contribution in [2.24, 2.45) is 0 Å². The van der Waals surface area contributed by atoms with Gasteiger partial charge in [0.15, 0.2) is 0 Å². The summed E-state index contributed by atoms with van der Waals surface area (Å²) < 4.78 is 2.02. The zero-order valence-electron chi connectivity index (χ0n) is 8.36. The van der Waals surface area contributed by atoms with Crippen molar-refractivity contribution in [1.82, 2.24) is 4.34 Å². The summed E-state index contributed by atoms with van der Waals surface area (Å²) in [6, 6.07) is 6.39. The minimum atomic E-state index is 0.367. The van der Waals surface area contributed by atoms with Crippen LogP contribution < -0.4 is 0 Å². The fourth-order valence-electron chi connectivity index (χ4n) is 2.35. The molecule has 2 aromatic rings. The van der Waals surface area contributed by atoms with E-state index in [0.29, 0.717) is 18.6 Å². The Morgan fingerprint density at radius 2 is 2.07 bits per heavy atom. The van der Waals surface area contributed by atoms with Crippen LogP contribution in [-0.4, -0.2) is 10.1 Å². The first-order valence-electron chi connectivity index (χ1n) is 5.14. The van der Waals surface area contributed by atoms with Crippen LogP contribution in [0.15, 0.2) is 24.4 Å². The predicted octanol–water partition coefficient (Wildman–Crippen LogP) is 2.34. The van der Waals surface area contributed by atoms with Gasteiger partial charge in [0, 0.05) is 24.4 Å². The average molecular weight is 217 g/mol. The van der Waals surface area contributed by atoms with Crippen LogP contribution in [0, 0.1) is 0 Å². The van der Waals surface area contributed by atoms with Gasteiger partial charge in [-0.1, -0.05) is 6.07 Å². The van der Waals surface area contributed by atoms with E-state index in [0.717, 1.165) is 6.42 Å². The summed E-state index contributed by atoms with van der Waals surface area (Å²) >= 11 is 0. The molecule has 0 aliphatic heterocycles. The third-order valence-electron chi connectivity index (χ3n) is 3.16. The minimum Gasteiger partial charge on any atom is -0.332 e. The number of aryl methyl sites for hydroxylation is 1. The van der Waals surface area contributed by atoms with E-state index in [2.05, 4.69) is 27.6 Å². The molecular weight excluding hydrogens is 205 g/mol. The molecule has 3 heteroatoms. The van der Waals surface area contributed by atoms with Gasteiger partial charge in [-0.2, -0.15) is 0 Å². The van der Waals surface area contributed by atoms with Crippen LogP contribution in [0.3, 0.4) is 0 Å². The molecule has 1 unspecified atom stereocenters. The van der Waals surface area contributed by atoms with Gasteiger partial charge in [-0.3, -0.25) is 4.79 Å². The number of aromatic nitrogens is 1. The van der Waals surface area contributed by atoms with Gasteiger partial charge in [-0.25, -0.2) is 0 Å². The van der Waals surface area contributed by atoms with Crippen LogP contribution in [-0.2, 0) is 17.6 Å². The number of Topliss-reactive ketones (excluding diaryl/α,β-unsaturated/α-hetero) is 1. The number of nitrogens with zero attached hydrogens (tertiary/aromatic N) is 1. The molecule has 1 aromatic carbocycles. The quantitative estimate of drug-likeness (QED) is 0.621. The molecule has 0 N–H and O–H groups in total. The number of benzene rings is 1. The highest BCUT2D eigenvalue weighted by molar-refractivity contribution is 7.14. The van der Waals surface area contributed by atoms with E-state index in [9.17, 15) is 4.79 Å². The summed E-state index contributed by atoms with van der Waals surface area (Å²) in [7, 11) is 2.66. The summed E-state index contributed by atoms with van der Waals surface area (Å²) in [5.41, 5.74) is 3.77. The van der Waals surface area contributed by atoms with Gasteiger partial charge >= 0.3 is 0 Å². The predicted molar refractivity (Wildman–Crippen MR) is 64.1 cm³/mol. The van der Waals surface area contributed by atoms with E-state index in [1.54, 1.807) is 0 Å². The molecule has 1 aliphatic rings. The lowest BCUT2D eigenvalue weighted by Crippen LogP contribution is -2.13. The molecule has 0 saturated heterocycles. The van der Waals surface area contributed by atoms with Crippen LogP contribution in [0.1, 0.15) is 17.5 Å². The van der Waals surface area contributed by atoms with Crippen LogP contribution in [0.5, 0.6) is 0 Å². The molecule has 1 heterocycles. The van der Waals surface area contributed by atoms with Crippen molar-refractivity contribution in [2.75, 3.05) is 0 Å². The first-order chi connectivity index (χ1) is 7.25. The van der Waals surface area contributed by atoms with Crippen molar-refractivity contribution >= 4 is 26.1 Å². The molecular formula is C12H12NOP. The second kappa shape index (κ2) is 3.18. The Morgan fingerprint density at radius 1 is 1.20 bits per heavy atom. The number of fused-ring (bicyclic) bond motifs is 3. The third kappa shape index (κ3) is 1.32. The summed E-state index contributed by atoms with van der Waals surface area (Å²) in [5.74, 6) is 0.367. The maximum atomic E-state index is 11.5. The Bertz CT molecular complexity index is 556.